The number of carbonyl (C=O) groups is 2. The maximum absolute atomic E-state index is 12.1. The van der Waals surface area contributed by atoms with E-state index in [1.54, 1.807) is 6.07 Å². The third kappa shape index (κ3) is 3.40. The first-order valence-corrected chi connectivity index (χ1v) is 7.52. The van der Waals surface area contributed by atoms with Crippen LogP contribution in [0.15, 0.2) is 18.3 Å². The molecule has 124 valence electrons. The van der Waals surface area contributed by atoms with Crippen molar-refractivity contribution < 1.29 is 23.1 Å². The number of carbonyl (C=O) groups excluding carboxylic acids is 2. The molecule has 3 atom stereocenters. The zero-order valence-electron chi connectivity index (χ0n) is 12.3. The van der Waals surface area contributed by atoms with Gasteiger partial charge in [0.15, 0.2) is 5.78 Å². The lowest BCUT2D eigenvalue weighted by atomic mass is 9.70. The number of urea groups is 1. The molecule has 1 aromatic heterocycles. The van der Waals surface area contributed by atoms with Crippen LogP contribution >= 0.6 is 0 Å². The van der Waals surface area contributed by atoms with Crippen molar-refractivity contribution in [3.8, 4) is 5.88 Å². The van der Waals surface area contributed by atoms with Crippen LogP contribution in [-0.2, 0) is 11.3 Å². The maximum atomic E-state index is 12.1. The summed E-state index contributed by atoms with van der Waals surface area (Å²) in [6.45, 7) is -2.82. The van der Waals surface area contributed by atoms with Crippen LogP contribution < -0.4 is 15.4 Å². The molecule has 2 amide bonds. The predicted molar refractivity (Wildman–Crippen MR) is 75.9 cm³/mol. The van der Waals surface area contributed by atoms with E-state index >= 15 is 0 Å². The summed E-state index contributed by atoms with van der Waals surface area (Å²) < 4.78 is 28.4. The molecular weight excluding hydrogens is 308 g/mol. The number of aromatic nitrogens is 1. The summed E-state index contributed by atoms with van der Waals surface area (Å²) in [5.41, 5.74) is 0.574. The molecule has 2 N–H and O–H groups in total. The Morgan fingerprint density at radius 2 is 2.26 bits per heavy atom. The molecule has 2 aliphatic rings. The van der Waals surface area contributed by atoms with Crippen molar-refractivity contribution in [2.75, 3.05) is 0 Å². The van der Waals surface area contributed by atoms with E-state index in [9.17, 15) is 18.4 Å². The van der Waals surface area contributed by atoms with Gasteiger partial charge in [0.05, 0.1) is 6.04 Å². The van der Waals surface area contributed by atoms with E-state index in [0.717, 1.165) is 19.3 Å². The van der Waals surface area contributed by atoms with Crippen LogP contribution in [0.2, 0.25) is 0 Å². The fraction of sp³-hybridized carbons (Fsp3) is 0.533. The topological polar surface area (TPSA) is 80.3 Å². The molecule has 3 rings (SSSR count). The number of ketones is 1. The summed E-state index contributed by atoms with van der Waals surface area (Å²) in [5.74, 6) is 0.289. The number of rotatable bonds is 5. The molecule has 8 heteroatoms. The molecule has 1 aromatic rings. The molecule has 0 aliphatic heterocycles. The molecular formula is C15H17F2N3O3. The Bertz CT molecular complexity index is 611. The first kappa shape index (κ1) is 15.6. The van der Waals surface area contributed by atoms with Gasteiger partial charge in [-0.25, -0.2) is 9.78 Å². The van der Waals surface area contributed by atoms with Crippen molar-refractivity contribution in [3.63, 3.8) is 0 Å². The van der Waals surface area contributed by atoms with Crippen molar-refractivity contribution in [2.24, 2.45) is 11.8 Å². The molecule has 0 saturated heterocycles. The van der Waals surface area contributed by atoms with E-state index in [-0.39, 0.29) is 30.0 Å². The SMILES string of the molecule is O=C(NCc1ccnc(OC(F)F)c1)N[C@H]1C(=O)[C@H]2CCC[C@H]21. The monoisotopic (exact) mass is 325 g/mol. The Morgan fingerprint density at radius 1 is 1.43 bits per heavy atom. The number of hydrogen-bond acceptors (Lipinski definition) is 4. The summed E-state index contributed by atoms with van der Waals surface area (Å²) in [6.07, 6.45) is 4.25. The van der Waals surface area contributed by atoms with Crippen LogP contribution in [0.25, 0.3) is 0 Å². The first-order chi connectivity index (χ1) is 11.0. The average Bonchev–Trinajstić information content (AvgIpc) is 2.95. The van der Waals surface area contributed by atoms with Gasteiger partial charge in [0.25, 0.3) is 0 Å². The molecule has 2 saturated carbocycles. The third-order valence-electron chi connectivity index (χ3n) is 4.42. The van der Waals surface area contributed by atoms with Gasteiger partial charge >= 0.3 is 12.6 Å². The fourth-order valence-corrected chi connectivity index (χ4v) is 3.33. The number of amides is 2. The normalized spacial score (nSPS) is 25.7. The molecule has 0 radical (unpaired) electrons. The van der Waals surface area contributed by atoms with Gasteiger partial charge < -0.3 is 15.4 Å². The smallest absolute Gasteiger partial charge is 0.388 e. The lowest BCUT2D eigenvalue weighted by molar-refractivity contribution is -0.136. The van der Waals surface area contributed by atoms with Crippen molar-refractivity contribution in [3.05, 3.63) is 23.9 Å². The molecule has 0 spiro atoms. The van der Waals surface area contributed by atoms with E-state index in [0.29, 0.717) is 5.56 Å². The third-order valence-corrected chi connectivity index (χ3v) is 4.42. The zero-order chi connectivity index (χ0) is 16.4. The van der Waals surface area contributed by atoms with Crippen molar-refractivity contribution >= 4 is 11.8 Å². The lowest BCUT2D eigenvalue weighted by Gasteiger charge is -2.38. The Labute approximate surface area is 131 Å². The Kier molecular flexibility index (Phi) is 4.40. The van der Waals surface area contributed by atoms with E-state index < -0.39 is 18.7 Å². The van der Waals surface area contributed by atoms with Gasteiger partial charge in [0, 0.05) is 24.7 Å². The number of Topliss-reactive ketones (excluding diaryl/α,β-unsaturated/α-hetero) is 1. The molecule has 1 heterocycles. The van der Waals surface area contributed by atoms with Crippen LogP contribution in [-0.4, -0.2) is 29.5 Å². The average molecular weight is 325 g/mol. The van der Waals surface area contributed by atoms with Crippen LogP contribution in [0.3, 0.4) is 0 Å². The molecule has 2 fully saturated rings. The van der Waals surface area contributed by atoms with Gasteiger partial charge in [0.2, 0.25) is 5.88 Å². The highest BCUT2D eigenvalue weighted by Gasteiger charge is 2.52. The van der Waals surface area contributed by atoms with E-state index in [1.165, 1.54) is 12.3 Å². The molecule has 0 unspecified atom stereocenters. The second kappa shape index (κ2) is 6.47. The van der Waals surface area contributed by atoms with Gasteiger partial charge in [-0.05, 0) is 30.4 Å². The highest BCUT2D eigenvalue weighted by Crippen LogP contribution is 2.44. The fourth-order valence-electron chi connectivity index (χ4n) is 3.33. The Hall–Kier alpha value is -2.25. The molecule has 23 heavy (non-hydrogen) atoms. The molecule has 6 nitrogen and oxygen atoms in total. The Balaban J connectivity index is 1.48. The molecule has 0 aromatic carbocycles. The molecule has 2 aliphatic carbocycles. The summed E-state index contributed by atoms with van der Waals surface area (Å²) in [5, 5.41) is 5.29. The number of nitrogens with zero attached hydrogens (tertiary/aromatic N) is 1. The second-order valence-electron chi connectivity index (χ2n) is 5.79. The van der Waals surface area contributed by atoms with Crippen LogP contribution in [0.5, 0.6) is 5.88 Å². The van der Waals surface area contributed by atoms with Crippen LogP contribution in [0.4, 0.5) is 13.6 Å². The number of pyridine rings is 1. The highest BCUT2D eigenvalue weighted by molar-refractivity contribution is 5.96. The zero-order valence-corrected chi connectivity index (χ0v) is 12.3. The summed E-state index contributed by atoms with van der Waals surface area (Å²) in [6, 6.07) is 2.08. The highest BCUT2D eigenvalue weighted by atomic mass is 19.3. The number of fused-ring (bicyclic) bond motifs is 1. The van der Waals surface area contributed by atoms with Crippen molar-refractivity contribution in [1.82, 2.24) is 15.6 Å². The predicted octanol–water partition coefficient (Wildman–Crippen LogP) is 1.85. The van der Waals surface area contributed by atoms with Gasteiger partial charge in [-0.15, -0.1) is 0 Å². The van der Waals surface area contributed by atoms with E-state index in [4.69, 9.17) is 0 Å². The van der Waals surface area contributed by atoms with Crippen molar-refractivity contribution in [1.29, 1.82) is 0 Å². The second-order valence-corrected chi connectivity index (χ2v) is 5.79. The largest absolute Gasteiger partial charge is 0.417 e. The number of hydrogen-bond donors (Lipinski definition) is 2. The van der Waals surface area contributed by atoms with E-state index in [2.05, 4.69) is 20.4 Å². The van der Waals surface area contributed by atoms with Gasteiger partial charge in [-0.3, -0.25) is 4.79 Å². The summed E-state index contributed by atoms with van der Waals surface area (Å²) >= 11 is 0. The van der Waals surface area contributed by atoms with Gasteiger partial charge in [-0.2, -0.15) is 8.78 Å². The lowest BCUT2D eigenvalue weighted by Crippen LogP contribution is -2.60. The number of nitrogens with one attached hydrogen (secondary N) is 2. The summed E-state index contributed by atoms with van der Waals surface area (Å²) in [7, 11) is 0. The van der Waals surface area contributed by atoms with Crippen LogP contribution in [0, 0.1) is 11.8 Å². The van der Waals surface area contributed by atoms with E-state index in [1.807, 2.05) is 0 Å². The summed E-state index contributed by atoms with van der Waals surface area (Å²) in [4.78, 5) is 27.4. The minimum absolute atomic E-state index is 0.110. The standard InChI is InChI=1S/C15H17F2N3O3/c16-14(17)23-11-6-8(4-5-18-11)7-19-15(22)20-12-9-2-1-3-10(9)13(12)21/h4-6,9-10,12,14H,1-3,7H2,(H2,19,20,22)/t9-,10+,12-/m1/s1. The Morgan fingerprint density at radius 3 is 3.04 bits per heavy atom. The maximum Gasteiger partial charge on any atom is 0.388 e. The number of halogens is 2. The number of ether oxygens (including phenoxy) is 1. The molecule has 0 bridgehead atoms. The van der Waals surface area contributed by atoms with Gasteiger partial charge in [0.1, 0.15) is 0 Å². The van der Waals surface area contributed by atoms with Crippen molar-refractivity contribution in [2.45, 2.75) is 38.5 Å². The minimum atomic E-state index is -2.95. The number of alkyl halides is 2. The van der Waals surface area contributed by atoms with Gasteiger partial charge in [-0.1, -0.05) is 6.42 Å². The quantitative estimate of drug-likeness (QED) is 0.866. The first-order valence-electron chi connectivity index (χ1n) is 7.52. The minimum Gasteiger partial charge on any atom is -0.417 e. The van der Waals surface area contributed by atoms with Crippen LogP contribution in [0.1, 0.15) is 24.8 Å².